The van der Waals surface area contributed by atoms with Gasteiger partial charge in [0, 0.05) is 17.6 Å². The first-order chi connectivity index (χ1) is 8.40. The summed E-state index contributed by atoms with van der Waals surface area (Å²) in [5.74, 6) is 0. The van der Waals surface area contributed by atoms with Gasteiger partial charge >= 0.3 is 6.18 Å². The Labute approximate surface area is 102 Å². The van der Waals surface area contributed by atoms with E-state index in [-0.39, 0.29) is 5.69 Å². The fraction of sp³-hybridized carbons (Fsp3) is 0.250. The summed E-state index contributed by atoms with van der Waals surface area (Å²) in [5.41, 5.74) is 5.98. The van der Waals surface area contributed by atoms with Crippen molar-refractivity contribution in [2.75, 3.05) is 5.73 Å². The number of nitrogens with two attached hydrogens (primary N) is 1. The molecule has 6 heteroatoms. The predicted molar refractivity (Wildman–Crippen MR) is 62.4 cm³/mol. The van der Waals surface area contributed by atoms with Crippen molar-refractivity contribution in [2.45, 2.75) is 19.5 Å². The standard InChI is InChI=1S/C12H12F3N3/c1-2-10-6-18(7-17-10)11-4-8(12(13,14)15)3-9(16)5-11/h3-7H,2,16H2,1H3. The van der Waals surface area contributed by atoms with Gasteiger partial charge in [-0.25, -0.2) is 4.98 Å². The third-order valence-corrected chi connectivity index (χ3v) is 2.56. The normalized spacial score (nSPS) is 11.8. The van der Waals surface area contributed by atoms with Gasteiger partial charge in [-0.05, 0) is 24.6 Å². The number of alkyl halides is 3. The lowest BCUT2D eigenvalue weighted by Crippen LogP contribution is -2.07. The number of nitrogens with zero attached hydrogens (tertiary/aromatic N) is 2. The molecule has 0 aliphatic heterocycles. The lowest BCUT2D eigenvalue weighted by molar-refractivity contribution is -0.137. The second kappa shape index (κ2) is 4.36. The molecule has 0 saturated heterocycles. The Morgan fingerprint density at radius 3 is 2.56 bits per heavy atom. The summed E-state index contributed by atoms with van der Waals surface area (Å²) in [5, 5.41) is 0. The topological polar surface area (TPSA) is 43.8 Å². The smallest absolute Gasteiger partial charge is 0.399 e. The lowest BCUT2D eigenvalue weighted by atomic mass is 10.1. The number of hydrogen-bond donors (Lipinski definition) is 1. The molecule has 3 nitrogen and oxygen atoms in total. The van der Waals surface area contributed by atoms with Crippen LogP contribution >= 0.6 is 0 Å². The van der Waals surface area contributed by atoms with E-state index in [2.05, 4.69) is 4.98 Å². The number of nitrogen functional groups attached to an aromatic ring is 1. The van der Waals surface area contributed by atoms with Gasteiger partial charge in [0.1, 0.15) is 0 Å². The largest absolute Gasteiger partial charge is 0.416 e. The van der Waals surface area contributed by atoms with Crippen LogP contribution in [0.5, 0.6) is 0 Å². The van der Waals surface area contributed by atoms with Gasteiger partial charge in [-0.1, -0.05) is 6.92 Å². The molecule has 0 aliphatic carbocycles. The monoisotopic (exact) mass is 255 g/mol. The van der Waals surface area contributed by atoms with Crippen molar-refractivity contribution >= 4 is 5.69 Å². The SMILES string of the molecule is CCc1cn(-c2cc(N)cc(C(F)(F)F)c2)cn1. The van der Waals surface area contributed by atoms with E-state index in [0.717, 1.165) is 24.2 Å². The van der Waals surface area contributed by atoms with Crippen molar-refractivity contribution in [3.63, 3.8) is 0 Å². The minimum atomic E-state index is -4.40. The number of hydrogen-bond acceptors (Lipinski definition) is 2. The number of aromatic nitrogens is 2. The Morgan fingerprint density at radius 1 is 1.28 bits per heavy atom. The highest BCUT2D eigenvalue weighted by Crippen LogP contribution is 2.32. The minimum Gasteiger partial charge on any atom is -0.399 e. The fourth-order valence-corrected chi connectivity index (χ4v) is 1.63. The summed E-state index contributed by atoms with van der Waals surface area (Å²) >= 11 is 0. The predicted octanol–water partition coefficient (Wildman–Crippen LogP) is 3.04. The van der Waals surface area contributed by atoms with Crippen LogP contribution in [0.3, 0.4) is 0 Å². The molecule has 2 N–H and O–H groups in total. The highest BCUT2D eigenvalue weighted by molar-refractivity contribution is 5.51. The number of aryl methyl sites for hydroxylation is 1. The van der Waals surface area contributed by atoms with Crippen molar-refractivity contribution in [1.29, 1.82) is 0 Å². The first-order valence-electron chi connectivity index (χ1n) is 5.41. The summed E-state index contributed by atoms with van der Waals surface area (Å²) in [6.45, 7) is 1.92. The maximum Gasteiger partial charge on any atom is 0.416 e. The highest BCUT2D eigenvalue weighted by Gasteiger charge is 2.31. The highest BCUT2D eigenvalue weighted by atomic mass is 19.4. The molecule has 0 fully saturated rings. The van der Waals surface area contributed by atoms with Crippen LogP contribution in [0.1, 0.15) is 18.2 Å². The van der Waals surface area contributed by atoms with Crippen molar-refractivity contribution in [3.8, 4) is 5.69 Å². The number of benzene rings is 1. The van der Waals surface area contributed by atoms with Gasteiger partial charge in [-0.3, -0.25) is 0 Å². The molecule has 2 rings (SSSR count). The first-order valence-corrected chi connectivity index (χ1v) is 5.41. The maximum atomic E-state index is 12.7. The fourth-order valence-electron chi connectivity index (χ4n) is 1.63. The second-order valence-corrected chi connectivity index (χ2v) is 3.94. The van der Waals surface area contributed by atoms with E-state index in [1.807, 2.05) is 6.92 Å². The molecule has 0 aliphatic rings. The second-order valence-electron chi connectivity index (χ2n) is 3.94. The Balaban J connectivity index is 2.48. The molecule has 18 heavy (non-hydrogen) atoms. The van der Waals surface area contributed by atoms with E-state index >= 15 is 0 Å². The van der Waals surface area contributed by atoms with Crippen LogP contribution in [-0.2, 0) is 12.6 Å². The average molecular weight is 255 g/mol. The zero-order chi connectivity index (χ0) is 13.3. The summed E-state index contributed by atoms with van der Waals surface area (Å²) in [7, 11) is 0. The molecule has 0 radical (unpaired) electrons. The van der Waals surface area contributed by atoms with Crippen LogP contribution < -0.4 is 5.73 Å². The zero-order valence-corrected chi connectivity index (χ0v) is 9.70. The van der Waals surface area contributed by atoms with E-state index in [0.29, 0.717) is 5.69 Å². The zero-order valence-electron chi connectivity index (χ0n) is 9.70. The molecule has 96 valence electrons. The summed E-state index contributed by atoms with van der Waals surface area (Å²) < 4.78 is 39.5. The quantitative estimate of drug-likeness (QED) is 0.838. The van der Waals surface area contributed by atoms with Crippen molar-refractivity contribution in [2.24, 2.45) is 0 Å². The van der Waals surface area contributed by atoms with Crippen LogP contribution in [0.15, 0.2) is 30.7 Å². The molecule has 2 aromatic rings. The molecule has 0 unspecified atom stereocenters. The minimum absolute atomic E-state index is 0.0755. The summed E-state index contributed by atoms with van der Waals surface area (Å²) in [6.07, 6.45) is -0.511. The third kappa shape index (κ3) is 2.47. The first kappa shape index (κ1) is 12.5. The van der Waals surface area contributed by atoms with Crippen LogP contribution in [-0.4, -0.2) is 9.55 Å². The molecule has 0 atom stereocenters. The van der Waals surface area contributed by atoms with Gasteiger partial charge < -0.3 is 10.3 Å². The van der Waals surface area contributed by atoms with Crippen LogP contribution in [0.2, 0.25) is 0 Å². The third-order valence-electron chi connectivity index (χ3n) is 2.56. The van der Waals surface area contributed by atoms with E-state index < -0.39 is 11.7 Å². The van der Waals surface area contributed by atoms with Crippen LogP contribution in [0.4, 0.5) is 18.9 Å². The van der Waals surface area contributed by atoms with E-state index in [4.69, 9.17) is 5.73 Å². The summed E-state index contributed by atoms with van der Waals surface area (Å²) in [6, 6.07) is 3.45. The molecule has 0 spiro atoms. The van der Waals surface area contributed by atoms with Gasteiger partial charge in [-0.15, -0.1) is 0 Å². The number of imidazole rings is 1. The molecular weight excluding hydrogens is 243 g/mol. The van der Waals surface area contributed by atoms with Crippen LogP contribution in [0, 0.1) is 0 Å². The van der Waals surface area contributed by atoms with Crippen molar-refractivity contribution in [3.05, 3.63) is 42.0 Å². The van der Waals surface area contributed by atoms with E-state index in [1.165, 1.54) is 17.0 Å². The van der Waals surface area contributed by atoms with Gasteiger partial charge in [0.15, 0.2) is 0 Å². The van der Waals surface area contributed by atoms with Crippen molar-refractivity contribution < 1.29 is 13.2 Å². The van der Waals surface area contributed by atoms with E-state index in [1.54, 1.807) is 6.20 Å². The Morgan fingerprint density at radius 2 is 2.00 bits per heavy atom. The maximum absolute atomic E-state index is 12.7. The van der Waals surface area contributed by atoms with Gasteiger partial charge in [0.05, 0.1) is 17.6 Å². The number of anilines is 1. The van der Waals surface area contributed by atoms with Gasteiger partial charge in [0.2, 0.25) is 0 Å². The molecular formula is C12H12F3N3. The molecule has 1 aromatic heterocycles. The van der Waals surface area contributed by atoms with Crippen LogP contribution in [0.25, 0.3) is 5.69 Å². The summed E-state index contributed by atoms with van der Waals surface area (Å²) in [4.78, 5) is 4.07. The van der Waals surface area contributed by atoms with E-state index in [9.17, 15) is 13.2 Å². The Hall–Kier alpha value is -1.98. The molecule has 0 saturated carbocycles. The lowest BCUT2D eigenvalue weighted by Gasteiger charge is -2.10. The molecule has 0 amide bonds. The van der Waals surface area contributed by atoms with Crippen molar-refractivity contribution in [1.82, 2.24) is 9.55 Å². The number of halogens is 3. The molecule has 0 bridgehead atoms. The Bertz CT molecular complexity index is 558. The van der Waals surface area contributed by atoms with Gasteiger partial charge in [0.25, 0.3) is 0 Å². The Kier molecular flexibility index (Phi) is 3.02. The van der Waals surface area contributed by atoms with Gasteiger partial charge in [-0.2, -0.15) is 13.2 Å². The number of rotatable bonds is 2. The molecule has 1 aromatic carbocycles. The molecule has 1 heterocycles. The average Bonchev–Trinajstić information content (AvgIpc) is 2.75.